The Hall–Kier alpha value is 0.830. The van der Waals surface area contributed by atoms with Gasteiger partial charge < -0.3 is 4.90 Å². The van der Waals surface area contributed by atoms with Crippen molar-refractivity contribution in [2.45, 2.75) is 5.38 Å². The maximum atomic E-state index is 5.69. The Kier molecular flexibility index (Phi) is 9.64. The van der Waals surface area contributed by atoms with Gasteiger partial charge in [0, 0.05) is 12.4 Å². The number of alkyl halides is 2. The average molecular weight is 193 g/mol. The summed E-state index contributed by atoms with van der Waals surface area (Å²) in [5.41, 5.74) is 0. The fourth-order valence-electron chi connectivity index (χ4n) is 0.445. The summed E-state index contributed by atoms with van der Waals surface area (Å²) < 4.78 is 0. The number of hydrogen-bond donors (Lipinski definition) is 0. The number of hydrogen-bond acceptors (Lipinski definition) is 1. The van der Waals surface area contributed by atoms with Gasteiger partial charge in [0.05, 0.1) is 5.38 Å². The van der Waals surface area contributed by atoms with E-state index in [4.69, 9.17) is 23.2 Å². The van der Waals surface area contributed by atoms with Crippen molar-refractivity contribution in [2.24, 2.45) is 0 Å². The van der Waals surface area contributed by atoms with Crippen LogP contribution in [-0.4, -0.2) is 36.8 Å². The minimum atomic E-state index is 0. The van der Waals surface area contributed by atoms with Gasteiger partial charge in [0.2, 0.25) is 0 Å². The van der Waals surface area contributed by atoms with Crippen molar-refractivity contribution in [3.63, 3.8) is 0 Å². The van der Waals surface area contributed by atoms with Gasteiger partial charge in [-0.2, -0.15) is 0 Å². The zero-order valence-electron chi connectivity index (χ0n) is 5.60. The molecule has 0 radical (unpaired) electrons. The predicted octanol–water partition coefficient (Wildman–Crippen LogP) is 1.82. The maximum Gasteiger partial charge on any atom is 0.0598 e. The SMILES string of the molecule is CN(C)CC(Cl)CCl.Cl. The van der Waals surface area contributed by atoms with Crippen molar-refractivity contribution in [3.05, 3.63) is 0 Å². The van der Waals surface area contributed by atoms with Crippen molar-refractivity contribution < 1.29 is 0 Å². The first kappa shape index (κ1) is 12.5. The third-order valence-corrected chi connectivity index (χ3v) is 1.55. The van der Waals surface area contributed by atoms with Crippen molar-refractivity contribution in [2.75, 3.05) is 26.5 Å². The second-order valence-corrected chi connectivity index (χ2v) is 2.94. The van der Waals surface area contributed by atoms with Gasteiger partial charge in [-0.15, -0.1) is 35.6 Å². The molecule has 0 aromatic carbocycles. The van der Waals surface area contributed by atoms with Crippen LogP contribution in [0.3, 0.4) is 0 Å². The lowest BCUT2D eigenvalue weighted by molar-refractivity contribution is 0.412. The molecule has 1 nitrogen and oxygen atoms in total. The quantitative estimate of drug-likeness (QED) is 0.617. The molecule has 58 valence electrons. The number of halogens is 3. The van der Waals surface area contributed by atoms with Gasteiger partial charge >= 0.3 is 0 Å². The highest BCUT2D eigenvalue weighted by molar-refractivity contribution is 6.28. The Morgan fingerprint density at radius 1 is 1.44 bits per heavy atom. The Labute approximate surface area is 72.7 Å². The molecular weight excluding hydrogens is 180 g/mol. The summed E-state index contributed by atoms with van der Waals surface area (Å²) in [6.45, 7) is 0.852. The highest BCUT2D eigenvalue weighted by Crippen LogP contribution is 1.98. The largest absolute Gasteiger partial charge is 0.308 e. The molecule has 0 saturated heterocycles. The Morgan fingerprint density at radius 3 is 2.00 bits per heavy atom. The van der Waals surface area contributed by atoms with Gasteiger partial charge in [0.1, 0.15) is 0 Å². The van der Waals surface area contributed by atoms with E-state index in [2.05, 4.69) is 0 Å². The normalized spacial score (nSPS) is 13.0. The second-order valence-electron chi connectivity index (χ2n) is 2.01. The van der Waals surface area contributed by atoms with E-state index in [0.29, 0.717) is 5.88 Å². The lowest BCUT2D eigenvalue weighted by atomic mass is 10.4. The van der Waals surface area contributed by atoms with Crippen molar-refractivity contribution in [1.82, 2.24) is 4.90 Å². The topological polar surface area (TPSA) is 3.24 Å². The smallest absolute Gasteiger partial charge is 0.0598 e. The maximum absolute atomic E-state index is 5.69. The summed E-state index contributed by atoms with van der Waals surface area (Å²) in [5.74, 6) is 0.528. The minimum absolute atomic E-state index is 0. The zero-order chi connectivity index (χ0) is 6.57. The van der Waals surface area contributed by atoms with Gasteiger partial charge in [-0.05, 0) is 14.1 Å². The van der Waals surface area contributed by atoms with E-state index in [9.17, 15) is 0 Å². The zero-order valence-corrected chi connectivity index (χ0v) is 7.93. The van der Waals surface area contributed by atoms with E-state index < -0.39 is 0 Å². The Bertz CT molecular complexity index is 58.2. The fourth-order valence-corrected chi connectivity index (χ4v) is 0.819. The van der Waals surface area contributed by atoms with E-state index in [-0.39, 0.29) is 17.8 Å². The van der Waals surface area contributed by atoms with Crippen LogP contribution in [0.4, 0.5) is 0 Å². The van der Waals surface area contributed by atoms with E-state index >= 15 is 0 Å². The standard InChI is InChI=1S/C5H11Cl2N.ClH/c1-8(2)4-5(7)3-6;/h5H,3-4H2,1-2H3;1H. The molecule has 0 aliphatic carbocycles. The van der Waals surface area contributed by atoms with E-state index in [1.54, 1.807) is 0 Å². The highest BCUT2D eigenvalue weighted by atomic mass is 35.5. The van der Waals surface area contributed by atoms with Crippen LogP contribution in [0, 0.1) is 0 Å². The van der Waals surface area contributed by atoms with E-state index in [1.165, 1.54) is 0 Å². The van der Waals surface area contributed by atoms with Gasteiger partial charge in [-0.3, -0.25) is 0 Å². The van der Waals surface area contributed by atoms with Gasteiger partial charge in [-0.25, -0.2) is 0 Å². The summed E-state index contributed by atoms with van der Waals surface area (Å²) in [4.78, 5) is 2.01. The summed E-state index contributed by atoms with van der Waals surface area (Å²) >= 11 is 11.1. The molecule has 4 heteroatoms. The molecule has 0 N–H and O–H groups in total. The monoisotopic (exact) mass is 191 g/mol. The third-order valence-electron chi connectivity index (χ3n) is 0.731. The van der Waals surface area contributed by atoms with E-state index in [1.807, 2.05) is 19.0 Å². The molecule has 1 atom stereocenters. The predicted molar refractivity (Wildman–Crippen MR) is 46.2 cm³/mol. The van der Waals surface area contributed by atoms with Crippen LogP contribution in [0.25, 0.3) is 0 Å². The average Bonchev–Trinajstić information content (AvgIpc) is 1.65. The van der Waals surface area contributed by atoms with Gasteiger partial charge in [0.25, 0.3) is 0 Å². The molecule has 0 aromatic rings. The molecular formula is C5H12Cl3N. The van der Waals surface area contributed by atoms with Crippen LogP contribution in [0.15, 0.2) is 0 Å². The molecule has 0 rings (SSSR count). The molecule has 0 fully saturated rings. The minimum Gasteiger partial charge on any atom is -0.308 e. The molecule has 1 unspecified atom stereocenters. The molecule has 0 saturated carbocycles. The van der Waals surface area contributed by atoms with Crippen LogP contribution in [0.5, 0.6) is 0 Å². The number of nitrogens with zero attached hydrogens (tertiary/aromatic N) is 1. The van der Waals surface area contributed by atoms with Crippen LogP contribution in [0.2, 0.25) is 0 Å². The molecule has 0 bridgehead atoms. The molecule has 0 heterocycles. The van der Waals surface area contributed by atoms with Crippen LogP contribution in [0.1, 0.15) is 0 Å². The summed E-state index contributed by atoms with van der Waals surface area (Å²) in [6, 6.07) is 0. The highest BCUT2D eigenvalue weighted by Gasteiger charge is 2.01. The molecule has 9 heavy (non-hydrogen) atoms. The Balaban J connectivity index is 0. The molecule has 0 amide bonds. The molecule has 0 aromatic heterocycles. The van der Waals surface area contributed by atoms with Crippen LogP contribution in [-0.2, 0) is 0 Å². The van der Waals surface area contributed by atoms with Crippen LogP contribution < -0.4 is 0 Å². The molecule has 0 aliphatic heterocycles. The lowest BCUT2D eigenvalue weighted by Gasteiger charge is -2.11. The molecule has 0 spiro atoms. The lowest BCUT2D eigenvalue weighted by Crippen LogP contribution is -2.22. The summed E-state index contributed by atoms with van der Waals surface area (Å²) in [5, 5.41) is 0.0895. The van der Waals surface area contributed by atoms with Crippen molar-refractivity contribution in [3.8, 4) is 0 Å². The molecule has 0 aliphatic rings. The van der Waals surface area contributed by atoms with Gasteiger partial charge in [0.15, 0.2) is 0 Å². The third kappa shape index (κ3) is 8.83. The first-order chi connectivity index (χ1) is 3.66. The first-order valence-corrected chi connectivity index (χ1v) is 3.48. The van der Waals surface area contributed by atoms with E-state index in [0.717, 1.165) is 6.54 Å². The fraction of sp³-hybridized carbons (Fsp3) is 1.00. The first-order valence-electron chi connectivity index (χ1n) is 2.51. The van der Waals surface area contributed by atoms with Crippen LogP contribution >= 0.6 is 35.6 Å². The second kappa shape index (κ2) is 6.94. The van der Waals surface area contributed by atoms with Crippen molar-refractivity contribution >= 4 is 35.6 Å². The summed E-state index contributed by atoms with van der Waals surface area (Å²) in [7, 11) is 3.95. The Morgan fingerprint density at radius 2 is 1.89 bits per heavy atom. The van der Waals surface area contributed by atoms with Crippen molar-refractivity contribution in [1.29, 1.82) is 0 Å². The summed E-state index contributed by atoms with van der Waals surface area (Å²) in [6.07, 6.45) is 0. The number of rotatable bonds is 3. The van der Waals surface area contributed by atoms with Gasteiger partial charge in [-0.1, -0.05) is 0 Å².